The molecular formula is C14H23ClN2S. The van der Waals surface area contributed by atoms with Crippen LogP contribution in [-0.4, -0.2) is 23.5 Å². The highest BCUT2D eigenvalue weighted by atomic mass is 35.5. The summed E-state index contributed by atoms with van der Waals surface area (Å²) in [6, 6.07) is 5.16. The fourth-order valence-corrected chi connectivity index (χ4v) is 4.35. The summed E-state index contributed by atoms with van der Waals surface area (Å²) in [4.78, 5) is 3.86. The van der Waals surface area contributed by atoms with Gasteiger partial charge in [0.05, 0.1) is 10.4 Å². The van der Waals surface area contributed by atoms with Gasteiger partial charge in [-0.25, -0.2) is 0 Å². The molecule has 1 saturated heterocycles. The third kappa shape index (κ3) is 3.08. The Labute approximate surface area is 119 Å². The molecule has 0 saturated carbocycles. The number of hydrogen-bond acceptors (Lipinski definition) is 3. The minimum atomic E-state index is 0.135. The third-order valence-electron chi connectivity index (χ3n) is 3.93. The average molecular weight is 287 g/mol. The lowest BCUT2D eigenvalue weighted by molar-refractivity contribution is 0.0725. The van der Waals surface area contributed by atoms with Gasteiger partial charge in [-0.1, -0.05) is 18.5 Å². The fraction of sp³-hybridized carbons (Fsp3) is 0.714. The molecule has 0 amide bonds. The number of thiophene rings is 1. The molecule has 0 aliphatic carbocycles. The molecule has 1 aromatic rings. The first kappa shape index (κ1) is 14.3. The normalized spacial score (nSPS) is 29.2. The van der Waals surface area contributed by atoms with Crippen LogP contribution >= 0.6 is 22.9 Å². The van der Waals surface area contributed by atoms with Crippen LogP contribution in [0.5, 0.6) is 0 Å². The maximum atomic E-state index is 6.23. The van der Waals surface area contributed by atoms with E-state index in [9.17, 15) is 0 Å². The van der Waals surface area contributed by atoms with E-state index in [2.05, 4.69) is 31.7 Å². The van der Waals surface area contributed by atoms with Crippen molar-refractivity contribution in [2.75, 3.05) is 6.54 Å². The van der Waals surface area contributed by atoms with Gasteiger partial charge in [-0.2, -0.15) is 0 Å². The van der Waals surface area contributed by atoms with Crippen molar-refractivity contribution in [3.63, 3.8) is 0 Å². The van der Waals surface area contributed by atoms with Crippen LogP contribution in [0.3, 0.4) is 0 Å². The molecule has 1 aliphatic rings. The van der Waals surface area contributed by atoms with E-state index < -0.39 is 0 Å². The highest BCUT2D eigenvalue weighted by Crippen LogP contribution is 2.36. The van der Waals surface area contributed by atoms with E-state index in [0.29, 0.717) is 12.1 Å². The van der Waals surface area contributed by atoms with Gasteiger partial charge in [0, 0.05) is 17.0 Å². The van der Waals surface area contributed by atoms with Crippen LogP contribution in [0.25, 0.3) is 0 Å². The lowest BCUT2D eigenvalue weighted by Gasteiger charge is -2.43. The molecular weight excluding hydrogens is 264 g/mol. The van der Waals surface area contributed by atoms with E-state index >= 15 is 0 Å². The van der Waals surface area contributed by atoms with Gasteiger partial charge >= 0.3 is 0 Å². The van der Waals surface area contributed by atoms with E-state index in [4.69, 9.17) is 17.3 Å². The van der Waals surface area contributed by atoms with Gasteiger partial charge in [0.25, 0.3) is 0 Å². The highest BCUT2D eigenvalue weighted by Gasteiger charge is 2.32. The van der Waals surface area contributed by atoms with Crippen molar-refractivity contribution in [1.29, 1.82) is 0 Å². The van der Waals surface area contributed by atoms with Gasteiger partial charge in [0.1, 0.15) is 0 Å². The molecule has 4 heteroatoms. The van der Waals surface area contributed by atoms with Crippen molar-refractivity contribution < 1.29 is 0 Å². The molecule has 2 heterocycles. The Morgan fingerprint density at radius 1 is 1.44 bits per heavy atom. The van der Waals surface area contributed by atoms with E-state index in [1.165, 1.54) is 17.7 Å². The molecule has 2 nitrogen and oxygen atoms in total. The minimum absolute atomic E-state index is 0.135. The van der Waals surface area contributed by atoms with Crippen molar-refractivity contribution in [3.05, 3.63) is 21.3 Å². The van der Waals surface area contributed by atoms with Crippen LogP contribution in [-0.2, 0) is 0 Å². The molecule has 1 aliphatic heterocycles. The summed E-state index contributed by atoms with van der Waals surface area (Å²) >= 11 is 7.73. The second-order valence-electron chi connectivity index (χ2n) is 5.66. The Hall–Kier alpha value is -0.0900. The van der Waals surface area contributed by atoms with E-state index in [1.807, 2.05) is 6.07 Å². The molecule has 4 unspecified atom stereocenters. The molecule has 2 N–H and O–H groups in total. The Bertz CT molecular complexity index is 391. The van der Waals surface area contributed by atoms with Crippen LogP contribution in [0.2, 0.25) is 4.34 Å². The number of likely N-dealkylation sites (tertiary alicyclic amines) is 1. The number of piperidine rings is 1. The predicted octanol–water partition coefficient (Wildman–Crippen LogP) is 3.91. The first-order valence-electron chi connectivity index (χ1n) is 6.75. The van der Waals surface area contributed by atoms with Gasteiger partial charge in [-0.3, -0.25) is 4.90 Å². The van der Waals surface area contributed by atoms with Gasteiger partial charge in [0.2, 0.25) is 0 Å². The van der Waals surface area contributed by atoms with Crippen LogP contribution < -0.4 is 5.73 Å². The van der Waals surface area contributed by atoms with Gasteiger partial charge < -0.3 is 5.73 Å². The summed E-state index contributed by atoms with van der Waals surface area (Å²) < 4.78 is 0.855. The van der Waals surface area contributed by atoms with E-state index in [1.54, 1.807) is 11.3 Å². The van der Waals surface area contributed by atoms with Gasteiger partial charge in [0.15, 0.2) is 0 Å². The standard InChI is InChI=1S/C14H23ClN2S/c1-9-6-7-17(10(2)8-9)14(11(3)16)12-4-5-13(15)18-12/h4-5,9-11,14H,6-8,16H2,1-3H3. The quantitative estimate of drug-likeness (QED) is 0.913. The number of hydrogen-bond donors (Lipinski definition) is 1. The Morgan fingerprint density at radius 3 is 2.67 bits per heavy atom. The first-order valence-corrected chi connectivity index (χ1v) is 7.95. The molecule has 4 atom stereocenters. The lowest BCUT2D eigenvalue weighted by atomic mass is 9.90. The summed E-state index contributed by atoms with van der Waals surface area (Å²) in [5, 5.41) is 0. The summed E-state index contributed by atoms with van der Waals surface area (Å²) in [6.45, 7) is 7.91. The van der Waals surface area contributed by atoms with Gasteiger partial charge in [-0.15, -0.1) is 11.3 Å². The molecule has 1 fully saturated rings. The summed E-state index contributed by atoms with van der Waals surface area (Å²) in [6.07, 6.45) is 2.54. The number of nitrogens with two attached hydrogens (primary N) is 1. The monoisotopic (exact) mass is 286 g/mol. The smallest absolute Gasteiger partial charge is 0.0931 e. The van der Waals surface area contributed by atoms with Gasteiger partial charge in [-0.05, 0) is 51.3 Å². The zero-order valence-electron chi connectivity index (χ0n) is 11.4. The molecule has 0 bridgehead atoms. The summed E-state index contributed by atoms with van der Waals surface area (Å²) in [7, 11) is 0. The number of halogens is 1. The second-order valence-corrected chi connectivity index (χ2v) is 7.41. The molecule has 2 rings (SSSR count). The van der Waals surface area contributed by atoms with Crippen molar-refractivity contribution in [3.8, 4) is 0 Å². The molecule has 0 spiro atoms. The van der Waals surface area contributed by atoms with Crippen molar-refractivity contribution in [2.45, 2.75) is 51.7 Å². The molecule has 1 aromatic heterocycles. The zero-order valence-corrected chi connectivity index (χ0v) is 13.0. The van der Waals surface area contributed by atoms with Crippen LogP contribution in [0, 0.1) is 5.92 Å². The zero-order chi connectivity index (χ0) is 13.3. The number of nitrogens with zero attached hydrogens (tertiary/aromatic N) is 1. The second kappa shape index (κ2) is 5.91. The molecule has 102 valence electrons. The van der Waals surface area contributed by atoms with Crippen LogP contribution in [0.1, 0.15) is 44.5 Å². The maximum absolute atomic E-state index is 6.23. The van der Waals surface area contributed by atoms with Crippen LogP contribution in [0.4, 0.5) is 0 Å². The van der Waals surface area contributed by atoms with Crippen molar-refractivity contribution in [2.24, 2.45) is 11.7 Å². The third-order valence-corrected chi connectivity index (χ3v) is 5.23. The van der Waals surface area contributed by atoms with Crippen molar-refractivity contribution >= 4 is 22.9 Å². The topological polar surface area (TPSA) is 29.3 Å². The SMILES string of the molecule is CC1CCN(C(c2ccc(Cl)s2)C(C)N)C(C)C1. The highest BCUT2D eigenvalue weighted by molar-refractivity contribution is 7.16. The number of rotatable bonds is 3. The van der Waals surface area contributed by atoms with E-state index in [0.717, 1.165) is 16.8 Å². The Morgan fingerprint density at radius 2 is 2.17 bits per heavy atom. The van der Waals surface area contributed by atoms with Crippen molar-refractivity contribution in [1.82, 2.24) is 4.90 Å². The summed E-state index contributed by atoms with van der Waals surface area (Å²) in [5.41, 5.74) is 6.23. The minimum Gasteiger partial charge on any atom is -0.326 e. The lowest BCUT2D eigenvalue weighted by Crippen LogP contribution is -2.47. The largest absolute Gasteiger partial charge is 0.326 e. The maximum Gasteiger partial charge on any atom is 0.0931 e. The average Bonchev–Trinajstić information content (AvgIpc) is 2.68. The predicted molar refractivity (Wildman–Crippen MR) is 80.3 cm³/mol. The molecule has 18 heavy (non-hydrogen) atoms. The Kier molecular flexibility index (Phi) is 4.70. The molecule has 0 aromatic carbocycles. The summed E-state index contributed by atoms with van der Waals surface area (Å²) in [5.74, 6) is 0.830. The van der Waals surface area contributed by atoms with E-state index in [-0.39, 0.29) is 6.04 Å². The first-order chi connectivity index (χ1) is 8.49. The Balaban J connectivity index is 2.20. The fourth-order valence-electron chi connectivity index (χ4n) is 3.05. The molecule has 0 radical (unpaired) electrons. The van der Waals surface area contributed by atoms with Crippen LogP contribution in [0.15, 0.2) is 12.1 Å².